The number of aryl methyl sites for hydroxylation is 1. The Balaban J connectivity index is 1.55. The molecule has 1 aromatic carbocycles. The molecule has 156 valence electrons. The van der Waals surface area contributed by atoms with Crippen LogP contribution in [0.1, 0.15) is 41.6 Å². The van der Waals surface area contributed by atoms with Gasteiger partial charge in [-0.25, -0.2) is 9.97 Å². The van der Waals surface area contributed by atoms with Crippen molar-refractivity contribution in [3.8, 4) is 5.75 Å². The molecule has 0 radical (unpaired) electrons. The van der Waals surface area contributed by atoms with E-state index >= 15 is 0 Å². The Labute approximate surface area is 173 Å². The molecule has 29 heavy (non-hydrogen) atoms. The average molecular weight is 397 g/mol. The number of fused-ring (bicyclic) bond motifs is 2. The molecule has 1 saturated heterocycles. The molecule has 2 aromatic rings. The first-order valence-electron chi connectivity index (χ1n) is 10.5. The molecular formula is C23H32N4O2. The van der Waals surface area contributed by atoms with E-state index in [1.165, 1.54) is 36.1 Å². The number of likely N-dealkylation sites (tertiary alicyclic amines) is 1. The highest BCUT2D eigenvalue weighted by molar-refractivity contribution is 5.40. The largest absolute Gasteiger partial charge is 0.496 e. The molecule has 1 unspecified atom stereocenters. The van der Waals surface area contributed by atoms with Gasteiger partial charge >= 0.3 is 0 Å². The molecule has 1 spiro atoms. The first kappa shape index (κ1) is 20.1. The van der Waals surface area contributed by atoms with Crippen molar-refractivity contribution < 1.29 is 9.47 Å². The molecule has 1 aliphatic carbocycles. The third kappa shape index (κ3) is 3.96. The van der Waals surface area contributed by atoms with Crippen molar-refractivity contribution in [2.45, 2.75) is 44.2 Å². The fourth-order valence-electron chi connectivity index (χ4n) is 4.96. The topological polar surface area (TPSA) is 50.7 Å². The number of aromatic nitrogens is 2. The molecule has 0 amide bonds. The summed E-state index contributed by atoms with van der Waals surface area (Å²) in [6.45, 7) is 3.71. The molecule has 0 saturated carbocycles. The lowest BCUT2D eigenvalue weighted by Crippen LogP contribution is -2.45. The van der Waals surface area contributed by atoms with Crippen molar-refractivity contribution >= 4 is 5.95 Å². The number of methoxy groups -OCH3 is 2. The van der Waals surface area contributed by atoms with E-state index in [-0.39, 0.29) is 5.41 Å². The lowest BCUT2D eigenvalue weighted by Gasteiger charge is -2.40. The second kappa shape index (κ2) is 8.28. The van der Waals surface area contributed by atoms with Crippen LogP contribution < -0.4 is 9.64 Å². The zero-order chi connectivity index (χ0) is 20.4. The van der Waals surface area contributed by atoms with E-state index in [4.69, 9.17) is 14.5 Å². The van der Waals surface area contributed by atoms with E-state index in [9.17, 15) is 0 Å². The molecular weight excluding hydrogens is 364 g/mol. The van der Waals surface area contributed by atoms with Gasteiger partial charge in [0.05, 0.1) is 19.4 Å². The van der Waals surface area contributed by atoms with Crippen LogP contribution in [0.3, 0.4) is 0 Å². The highest BCUT2D eigenvalue weighted by Gasteiger charge is 2.43. The number of piperidine rings is 1. The first-order valence-corrected chi connectivity index (χ1v) is 10.5. The van der Waals surface area contributed by atoms with Crippen molar-refractivity contribution in [1.82, 2.24) is 14.9 Å². The van der Waals surface area contributed by atoms with Gasteiger partial charge in [-0.15, -0.1) is 0 Å². The van der Waals surface area contributed by atoms with Crippen molar-refractivity contribution in [2.75, 3.05) is 46.3 Å². The molecule has 0 N–H and O–H groups in total. The summed E-state index contributed by atoms with van der Waals surface area (Å²) in [7, 11) is 7.46. The third-order valence-corrected chi connectivity index (χ3v) is 6.33. The molecule has 1 aromatic heterocycles. The van der Waals surface area contributed by atoms with Gasteiger partial charge in [-0.3, -0.25) is 4.90 Å². The lowest BCUT2D eigenvalue weighted by molar-refractivity contribution is 0.136. The van der Waals surface area contributed by atoms with Gasteiger partial charge < -0.3 is 14.4 Å². The third-order valence-electron chi connectivity index (χ3n) is 6.33. The van der Waals surface area contributed by atoms with E-state index in [1.54, 1.807) is 14.2 Å². The molecule has 6 nitrogen and oxygen atoms in total. The van der Waals surface area contributed by atoms with Crippen LogP contribution in [0.5, 0.6) is 5.75 Å². The van der Waals surface area contributed by atoms with Crippen LogP contribution in [0.15, 0.2) is 24.4 Å². The van der Waals surface area contributed by atoms with Gasteiger partial charge in [0.2, 0.25) is 5.95 Å². The second-order valence-electron chi connectivity index (χ2n) is 8.61. The number of ether oxygens (including phenoxy) is 2. The first-order chi connectivity index (χ1) is 14.0. The lowest BCUT2D eigenvalue weighted by atomic mass is 9.77. The number of hydrogen-bond donors (Lipinski definition) is 0. The van der Waals surface area contributed by atoms with Crippen molar-refractivity contribution in [3.05, 3.63) is 46.8 Å². The van der Waals surface area contributed by atoms with Crippen LogP contribution in [0.2, 0.25) is 0 Å². The predicted octanol–water partition coefficient (Wildman–Crippen LogP) is 3.18. The smallest absolute Gasteiger partial charge is 0.225 e. The number of anilines is 1. The van der Waals surface area contributed by atoms with Gasteiger partial charge in [-0.05, 0) is 55.5 Å². The van der Waals surface area contributed by atoms with Gasteiger partial charge in [0.15, 0.2) is 0 Å². The fourth-order valence-corrected chi connectivity index (χ4v) is 4.96. The maximum absolute atomic E-state index is 5.48. The fraction of sp³-hybridized carbons (Fsp3) is 0.565. The minimum atomic E-state index is 0.170. The summed E-state index contributed by atoms with van der Waals surface area (Å²) in [5.74, 6) is 1.71. The standard InChI is InChI=1S/C23H32N4O2/c1-26(2)22-24-13-18-8-10-23(21(18)25-22)9-5-11-27(16-23)14-17-6-7-20(29-4)19(12-17)15-28-3/h6-7,12-13H,5,8-11,14-16H2,1-4H3. The molecule has 0 bridgehead atoms. The monoisotopic (exact) mass is 396 g/mol. The highest BCUT2D eigenvalue weighted by Crippen LogP contribution is 2.44. The molecule has 1 atom stereocenters. The summed E-state index contributed by atoms with van der Waals surface area (Å²) in [5.41, 5.74) is 5.21. The van der Waals surface area contributed by atoms with Crippen LogP contribution in [-0.4, -0.2) is 56.3 Å². The van der Waals surface area contributed by atoms with Gasteiger partial charge in [0, 0.05) is 51.5 Å². The van der Waals surface area contributed by atoms with Crippen LogP contribution >= 0.6 is 0 Å². The minimum absolute atomic E-state index is 0.170. The second-order valence-corrected chi connectivity index (χ2v) is 8.61. The highest BCUT2D eigenvalue weighted by atomic mass is 16.5. The van der Waals surface area contributed by atoms with Gasteiger partial charge in [0.25, 0.3) is 0 Å². The summed E-state index contributed by atoms with van der Waals surface area (Å²) < 4.78 is 10.8. The van der Waals surface area contributed by atoms with Crippen molar-refractivity contribution in [3.63, 3.8) is 0 Å². The molecule has 1 fully saturated rings. The van der Waals surface area contributed by atoms with Crippen LogP contribution in [-0.2, 0) is 29.7 Å². The van der Waals surface area contributed by atoms with E-state index in [0.717, 1.165) is 43.3 Å². The van der Waals surface area contributed by atoms with E-state index < -0.39 is 0 Å². The van der Waals surface area contributed by atoms with E-state index in [2.05, 4.69) is 28.1 Å². The number of nitrogens with zero attached hydrogens (tertiary/aromatic N) is 4. The Morgan fingerprint density at radius 3 is 2.83 bits per heavy atom. The molecule has 2 aliphatic rings. The predicted molar refractivity (Wildman–Crippen MR) is 115 cm³/mol. The van der Waals surface area contributed by atoms with Crippen LogP contribution in [0, 0.1) is 0 Å². The molecule has 2 heterocycles. The molecule has 1 aliphatic heterocycles. The zero-order valence-corrected chi connectivity index (χ0v) is 18.1. The van der Waals surface area contributed by atoms with Crippen molar-refractivity contribution in [2.24, 2.45) is 0 Å². The van der Waals surface area contributed by atoms with Gasteiger partial charge in [-0.1, -0.05) is 6.07 Å². The summed E-state index contributed by atoms with van der Waals surface area (Å²) in [6, 6.07) is 6.46. The number of hydrogen-bond acceptors (Lipinski definition) is 6. The number of rotatable bonds is 6. The summed E-state index contributed by atoms with van der Waals surface area (Å²) in [6.07, 6.45) is 6.75. The molecule has 6 heteroatoms. The zero-order valence-electron chi connectivity index (χ0n) is 18.1. The van der Waals surface area contributed by atoms with E-state index in [1.807, 2.05) is 25.2 Å². The summed E-state index contributed by atoms with van der Waals surface area (Å²) >= 11 is 0. The van der Waals surface area contributed by atoms with E-state index in [0.29, 0.717) is 6.61 Å². The maximum atomic E-state index is 5.48. The average Bonchev–Trinajstić information content (AvgIpc) is 3.06. The summed E-state index contributed by atoms with van der Waals surface area (Å²) in [5, 5.41) is 0. The van der Waals surface area contributed by atoms with Crippen LogP contribution in [0.4, 0.5) is 5.95 Å². The number of benzene rings is 1. The normalized spacial score (nSPS) is 21.4. The Morgan fingerprint density at radius 1 is 1.21 bits per heavy atom. The maximum Gasteiger partial charge on any atom is 0.225 e. The van der Waals surface area contributed by atoms with Crippen LogP contribution in [0.25, 0.3) is 0 Å². The SMILES string of the molecule is COCc1cc(CN2CCCC3(CCc4cnc(N(C)C)nc43)C2)ccc1OC. The quantitative estimate of drug-likeness (QED) is 0.748. The molecule has 4 rings (SSSR count). The Hall–Kier alpha value is -2.18. The Kier molecular flexibility index (Phi) is 5.74. The minimum Gasteiger partial charge on any atom is -0.496 e. The van der Waals surface area contributed by atoms with Gasteiger partial charge in [0.1, 0.15) is 5.75 Å². The van der Waals surface area contributed by atoms with Gasteiger partial charge in [-0.2, -0.15) is 0 Å². The van der Waals surface area contributed by atoms with Crippen molar-refractivity contribution in [1.29, 1.82) is 0 Å². The Bertz CT molecular complexity index is 866. The Morgan fingerprint density at radius 2 is 2.07 bits per heavy atom. The summed E-state index contributed by atoms with van der Waals surface area (Å²) in [4.78, 5) is 14.1.